The van der Waals surface area contributed by atoms with Gasteiger partial charge in [-0.25, -0.2) is 4.98 Å². The van der Waals surface area contributed by atoms with Gasteiger partial charge in [-0.3, -0.25) is 9.59 Å². The first-order chi connectivity index (χ1) is 9.33. The van der Waals surface area contributed by atoms with Crippen molar-refractivity contribution in [1.29, 1.82) is 0 Å². The van der Waals surface area contributed by atoms with Crippen LogP contribution in [0.2, 0.25) is 0 Å². The molecule has 0 aromatic carbocycles. The van der Waals surface area contributed by atoms with E-state index in [1.165, 1.54) is 11.3 Å². The molecule has 1 heterocycles. The van der Waals surface area contributed by atoms with E-state index in [4.69, 9.17) is 4.84 Å². The van der Waals surface area contributed by atoms with Crippen molar-refractivity contribution >= 4 is 34.9 Å². The second-order valence-corrected chi connectivity index (χ2v) is 4.70. The van der Waals surface area contributed by atoms with Crippen LogP contribution in [0.4, 0.5) is 5.13 Å². The van der Waals surface area contributed by atoms with Gasteiger partial charge in [-0.15, -0.1) is 11.3 Å². The predicted octanol–water partition coefficient (Wildman–Crippen LogP) is 1.65. The molecule has 0 bridgehead atoms. The molecule has 19 heavy (non-hydrogen) atoms. The smallest absolute Gasteiger partial charge is 0.259 e. The second kappa shape index (κ2) is 6.79. The first-order valence-corrected chi connectivity index (χ1v) is 6.66. The van der Waals surface area contributed by atoms with Gasteiger partial charge in [0.25, 0.3) is 6.29 Å². The van der Waals surface area contributed by atoms with Gasteiger partial charge in [0.2, 0.25) is 6.41 Å². The predicted molar refractivity (Wildman–Crippen MR) is 71.9 cm³/mol. The van der Waals surface area contributed by atoms with E-state index < -0.39 is 0 Å². The van der Waals surface area contributed by atoms with E-state index in [9.17, 15) is 9.59 Å². The normalized spacial score (nSPS) is 18.9. The minimum Gasteiger partial charge on any atom is -0.388 e. The number of hydrogen-bond acceptors (Lipinski definition) is 6. The van der Waals surface area contributed by atoms with Crippen LogP contribution in [0.25, 0.3) is 0 Å². The number of amides is 1. The van der Waals surface area contributed by atoms with Crippen LogP contribution < -0.4 is 5.32 Å². The summed E-state index contributed by atoms with van der Waals surface area (Å²) in [4.78, 5) is 30.4. The summed E-state index contributed by atoms with van der Waals surface area (Å²) in [6.45, 7) is 0. The molecule has 1 amide bonds. The van der Waals surface area contributed by atoms with Crippen LogP contribution in [0.3, 0.4) is 0 Å². The Labute approximate surface area is 114 Å². The molecule has 1 unspecified atom stereocenters. The third-order valence-corrected chi connectivity index (χ3v) is 3.29. The zero-order valence-corrected chi connectivity index (χ0v) is 10.9. The standard InChI is InChI=1S/C12H12N3O3S/c16-6-10(11-7-19-12(14-11)13-8-17)15-18-9-4-2-1-3-5-9/h2,4,7-9H,1,3,5H2,(H,13,14,17). The van der Waals surface area contributed by atoms with Gasteiger partial charge in [-0.2, -0.15) is 0 Å². The number of nitrogens with one attached hydrogen (secondary N) is 1. The van der Waals surface area contributed by atoms with Crippen molar-refractivity contribution in [1.82, 2.24) is 4.98 Å². The van der Waals surface area contributed by atoms with Gasteiger partial charge in [-0.05, 0) is 25.3 Å². The Morgan fingerprint density at radius 1 is 1.68 bits per heavy atom. The quantitative estimate of drug-likeness (QED) is 0.371. The Bertz CT molecular complexity index is 510. The van der Waals surface area contributed by atoms with Gasteiger partial charge >= 0.3 is 0 Å². The number of rotatable bonds is 6. The van der Waals surface area contributed by atoms with Gasteiger partial charge in [0.05, 0.1) is 0 Å². The van der Waals surface area contributed by atoms with E-state index >= 15 is 0 Å². The van der Waals surface area contributed by atoms with Crippen LogP contribution in [0.1, 0.15) is 25.0 Å². The van der Waals surface area contributed by atoms with Crippen LogP contribution in [-0.4, -0.2) is 29.5 Å². The molecule has 1 atom stereocenters. The van der Waals surface area contributed by atoms with Gasteiger partial charge in [0.1, 0.15) is 11.8 Å². The van der Waals surface area contributed by atoms with E-state index in [2.05, 4.69) is 15.5 Å². The fraction of sp³-hybridized carbons (Fsp3) is 0.333. The highest BCUT2D eigenvalue weighted by molar-refractivity contribution is 7.14. The summed E-state index contributed by atoms with van der Waals surface area (Å²) in [5.41, 5.74) is 0.332. The van der Waals surface area contributed by atoms with Crippen molar-refractivity contribution in [2.24, 2.45) is 5.16 Å². The molecule has 7 heteroatoms. The summed E-state index contributed by atoms with van der Waals surface area (Å²) in [5.74, 6) is 0. The Balaban J connectivity index is 2.04. The lowest BCUT2D eigenvalue weighted by Crippen LogP contribution is -2.12. The maximum absolute atomic E-state index is 10.9. The van der Waals surface area contributed by atoms with E-state index in [1.54, 1.807) is 11.7 Å². The van der Waals surface area contributed by atoms with Crippen molar-refractivity contribution < 1.29 is 14.4 Å². The van der Waals surface area contributed by atoms with Crippen molar-refractivity contribution in [3.8, 4) is 0 Å². The van der Waals surface area contributed by atoms with Crippen LogP contribution in [0.15, 0.2) is 22.7 Å². The molecule has 0 fully saturated rings. The molecule has 2 rings (SSSR count). The maximum atomic E-state index is 10.9. The average molecular weight is 278 g/mol. The number of carbonyl (C=O) groups is 1. The monoisotopic (exact) mass is 278 g/mol. The highest BCUT2D eigenvalue weighted by Gasteiger charge is 2.13. The minimum absolute atomic E-state index is 0.00540. The first-order valence-electron chi connectivity index (χ1n) is 5.78. The Hall–Kier alpha value is -2.02. The number of thiazole rings is 1. The van der Waals surface area contributed by atoms with Crippen molar-refractivity contribution in [2.45, 2.75) is 25.4 Å². The summed E-state index contributed by atoms with van der Waals surface area (Å²) in [6.07, 6.45) is 9.03. The molecule has 1 aromatic rings. The summed E-state index contributed by atoms with van der Waals surface area (Å²) in [6, 6.07) is 0. The molecule has 99 valence electrons. The van der Waals surface area contributed by atoms with Crippen LogP contribution in [0.5, 0.6) is 0 Å². The van der Waals surface area contributed by atoms with Gasteiger partial charge < -0.3 is 10.2 Å². The van der Waals surface area contributed by atoms with Crippen molar-refractivity contribution in [3.05, 3.63) is 23.2 Å². The van der Waals surface area contributed by atoms with E-state index in [1.807, 2.05) is 12.2 Å². The minimum atomic E-state index is -0.108. The zero-order chi connectivity index (χ0) is 13.5. The SMILES string of the molecule is O=[C]C(=NOC1C=CCCC1)c1csc(NC=O)n1. The highest BCUT2D eigenvalue weighted by Crippen LogP contribution is 2.16. The molecule has 0 aliphatic heterocycles. The van der Waals surface area contributed by atoms with Crippen molar-refractivity contribution in [2.75, 3.05) is 5.32 Å². The Morgan fingerprint density at radius 3 is 3.26 bits per heavy atom. The highest BCUT2D eigenvalue weighted by atomic mass is 32.1. The average Bonchev–Trinajstić information content (AvgIpc) is 2.90. The van der Waals surface area contributed by atoms with E-state index in [0.717, 1.165) is 19.3 Å². The summed E-state index contributed by atoms with van der Waals surface area (Å²) < 4.78 is 0. The number of carbonyl (C=O) groups excluding carboxylic acids is 2. The number of anilines is 1. The van der Waals surface area contributed by atoms with Crippen LogP contribution in [-0.2, 0) is 14.4 Å². The Morgan fingerprint density at radius 2 is 2.58 bits per heavy atom. The third kappa shape index (κ3) is 3.72. The molecular weight excluding hydrogens is 266 g/mol. The third-order valence-electron chi connectivity index (χ3n) is 2.52. The second-order valence-electron chi connectivity index (χ2n) is 3.84. The molecule has 0 saturated heterocycles. The molecular formula is C12H12N3O3S. The number of oxime groups is 1. The topological polar surface area (TPSA) is 80.6 Å². The fourth-order valence-electron chi connectivity index (χ4n) is 1.61. The molecule has 0 saturated carbocycles. The Kier molecular flexibility index (Phi) is 4.79. The lowest BCUT2D eigenvalue weighted by molar-refractivity contribution is -0.105. The molecule has 1 aliphatic carbocycles. The van der Waals surface area contributed by atoms with Gasteiger partial charge in [0.15, 0.2) is 10.8 Å². The summed E-state index contributed by atoms with van der Waals surface area (Å²) >= 11 is 1.20. The van der Waals surface area contributed by atoms with Crippen LogP contribution >= 0.6 is 11.3 Å². The summed E-state index contributed by atoms with van der Waals surface area (Å²) in [7, 11) is 0. The largest absolute Gasteiger partial charge is 0.388 e. The first kappa shape index (κ1) is 13.4. The molecule has 1 N–H and O–H groups in total. The van der Waals surface area contributed by atoms with Gasteiger partial charge in [0, 0.05) is 5.38 Å². The van der Waals surface area contributed by atoms with E-state index in [0.29, 0.717) is 17.2 Å². The number of nitrogens with zero attached hydrogens (tertiary/aromatic N) is 2. The van der Waals surface area contributed by atoms with Crippen LogP contribution in [0, 0.1) is 0 Å². The summed E-state index contributed by atoms with van der Waals surface area (Å²) in [5, 5.41) is 8.18. The van der Waals surface area contributed by atoms with Gasteiger partial charge in [-0.1, -0.05) is 11.2 Å². The van der Waals surface area contributed by atoms with Crippen molar-refractivity contribution in [3.63, 3.8) is 0 Å². The molecule has 6 nitrogen and oxygen atoms in total. The lowest BCUT2D eigenvalue weighted by Gasteiger charge is -2.13. The molecule has 1 aromatic heterocycles. The number of allylic oxidation sites excluding steroid dienone is 1. The number of hydrogen-bond donors (Lipinski definition) is 1. The zero-order valence-electron chi connectivity index (χ0n) is 10.0. The maximum Gasteiger partial charge on any atom is 0.259 e. The molecule has 1 radical (unpaired) electrons. The van der Waals surface area contributed by atoms with E-state index in [-0.39, 0.29) is 11.8 Å². The number of aromatic nitrogens is 1. The lowest BCUT2D eigenvalue weighted by atomic mass is 10.1. The fourth-order valence-corrected chi connectivity index (χ4v) is 2.26. The molecule has 1 aliphatic rings. The molecule has 0 spiro atoms.